The fourth-order valence-corrected chi connectivity index (χ4v) is 3.41. The number of amides is 1. The number of hydrogen-bond donors (Lipinski definition) is 1. The van der Waals surface area contributed by atoms with Gasteiger partial charge >= 0.3 is 0 Å². The molecule has 3 heterocycles. The van der Waals surface area contributed by atoms with Gasteiger partial charge in [0, 0.05) is 18.8 Å². The normalized spacial score (nSPS) is 16.7. The molecular weight excluding hydrogens is 344 g/mol. The zero-order chi connectivity index (χ0) is 17.6. The van der Waals surface area contributed by atoms with Crippen LogP contribution in [0.5, 0.6) is 11.5 Å². The number of fused-ring (bicyclic) bond motifs is 2. The van der Waals surface area contributed by atoms with E-state index in [9.17, 15) is 9.90 Å². The van der Waals surface area contributed by atoms with Gasteiger partial charge in [-0.1, -0.05) is 11.6 Å². The van der Waals surface area contributed by atoms with Gasteiger partial charge in [0.15, 0.2) is 17.1 Å². The van der Waals surface area contributed by atoms with Crippen LogP contribution < -0.4 is 4.74 Å². The lowest BCUT2D eigenvalue weighted by atomic mass is 9.90. The third-order valence-electron chi connectivity index (χ3n) is 4.42. The Hall–Kier alpha value is -2.80. The monoisotopic (exact) mass is 358 g/mol. The highest BCUT2D eigenvalue weighted by Gasteiger charge is 2.31. The SMILES string of the molecule is COc1cc2c(cc1O)CCN(C=O)C2c1cc2ncc(Cl)cn2n1. The van der Waals surface area contributed by atoms with E-state index in [1.807, 2.05) is 6.07 Å². The molecule has 1 amide bonds. The zero-order valence-corrected chi connectivity index (χ0v) is 14.1. The fourth-order valence-electron chi connectivity index (χ4n) is 3.27. The highest BCUT2D eigenvalue weighted by Crippen LogP contribution is 2.39. The van der Waals surface area contributed by atoms with Crippen molar-refractivity contribution >= 4 is 23.7 Å². The molecule has 2 aromatic heterocycles. The number of benzene rings is 1. The minimum Gasteiger partial charge on any atom is -0.504 e. The number of phenols is 1. The second-order valence-corrected chi connectivity index (χ2v) is 6.30. The number of carbonyl (C=O) groups is 1. The van der Waals surface area contributed by atoms with Gasteiger partial charge in [0.05, 0.1) is 24.0 Å². The molecule has 0 bridgehead atoms. The summed E-state index contributed by atoms with van der Waals surface area (Å²) in [4.78, 5) is 17.5. The van der Waals surface area contributed by atoms with Crippen molar-refractivity contribution in [2.24, 2.45) is 0 Å². The number of carbonyl (C=O) groups excluding carboxylic acids is 1. The van der Waals surface area contributed by atoms with Crippen LogP contribution >= 0.6 is 11.6 Å². The van der Waals surface area contributed by atoms with E-state index in [0.717, 1.165) is 17.5 Å². The highest BCUT2D eigenvalue weighted by molar-refractivity contribution is 6.30. The van der Waals surface area contributed by atoms with Crippen molar-refractivity contribution < 1.29 is 14.6 Å². The topological polar surface area (TPSA) is 80.0 Å². The summed E-state index contributed by atoms with van der Waals surface area (Å²) in [6.45, 7) is 0.537. The van der Waals surface area contributed by atoms with Crippen LogP contribution in [-0.2, 0) is 11.2 Å². The van der Waals surface area contributed by atoms with Crippen LogP contribution in [0.15, 0.2) is 30.6 Å². The van der Waals surface area contributed by atoms with E-state index < -0.39 is 0 Å². The number of rotatable bonds is 3. The molecule has 7 nitrogen and oxygen atoms in total. The van der Waals surface area contributed by atoms with E-state index in [4.69, 9.17) is 16.3 Å². The second kappa shape index (κ2) is 5.93. The van der Waals surface area contributed by atoms with Gasteiger partial charge in [-0.05, 0) is 29.7 Å². The predicted molar refractivity (Wildman–Crippen MR) is 91.0 cm³/mol. The molecule has 0 saturated carbocycles. The van der Waals surface area contributed by atoms with Crippen molar-refractivity contribution in [3.8, 4) is 11.5 Å². The molecule has 1 aromatic carbocycles. The molecule has 128 valence electrons. The summed E-state index contributed by atoms with van der Waals surface area (Å²) in [5, 5.41) is 15.1. The molecule has 25 heavy (non-hydrogen) atoms. The van der Waals surface area contributed by atoms with Crippen molar-refractivity contribution in [3.63, 3.8) is 0 Å². The summed E-state index contributed by atoms with van der Waals surface area (Å²) in [5.41, 5.74) is 3.16. The molecule has 0 radical (unpaired) electrons. The molecule has 0 spiro atoms. The lowest BCUT2D eigenvalue weighted by Crippen LogP contribution is -2.35. The van der Waals surface area contributed by atoms with Crippen LogP contribution in [0.4, 0.5) is 0 Å². The minimum atomic E-state index is -0.378. The molecule has 8 heteroatoms. The molecule has 3 aromatic rings. The molecule has 1 unspecified atom stereocenters. The second-order valence-electron chi connectivity index (χ2n) is 5.86. The maximum Gasteiger partial charge on any atom is 0.210 e. The largest absolute Gasteiger partial charge is 0.504 e. The van der Waals surface area contributed by atoms with Crippen molar-refractivity contribution in [1.29, 1.82) is 0 Å². The number of aromatic hydroxyl groups is 1. The van der Waals surface area contributed by atoms with Gasteiger partial charge < -0.3 is 14.7 Å². The molecule has 1 aliphatic heterocycles. The fraction of sp³-hybridized carbons (Fsp3) is 0.235. The zero-order valence-electron chi connectivity index (χ0n) is 13.4. The van der Waals surface area contributed by atoms with Crippen molar-refractivity contribution in [2.75, 3.05) is 13.7 Å². The molecule has 1 N–H and O–H groups in total. The van der Waals surface area contributed by atoms with E-state index >= 15 is 0 Å². The lowest BCUT2D eigenvalue weighted by molar-refractivity contribution is -0.120. The Morgan fingerprint density at radius 2 is 2.24 bits per heavy atom. The van der Waals surface area contributed by atoms with Gasteiger partial charge in [-0.25, -0.2) is 9.50 Å². The van der Waals surface area contributed by atoms with Crippen LogP contribution in [0.25, 0.3) is 5.65 Å². The quantitative estimate of drug-likeness (QED) is 0.726. The average molecular weight is 359 g/mol. The van der Waals surface area contributed by atoms with E-state index in [0.29, 0.717) is 35.1 Å². The molecule has 1 aliphatic rings. The Kier molecular flexibility index (Phi) is 3.73. The number of ether oxygens (including phenoxy) is 1. The summed E-state index contributed by atoms with van der Waals surface area (Å²) < 4.78 is 6.82. The molecular formula is C17H15ClN4O3. The Labute approximate surface area is 148 Å². The maximum atomic E-state index is 11.6. The molecule has 0 fully saturated rings. The number of nitrogens with zero attached hydrogens (tertiary/aromatic N) is 4. The van der Waals surface area contributed by atoms with Gasteiger partial charge in [-0.2, -0.15) is 5.10 Å². The van der Waals surface area contributed by atoms with Crippen LogP contribution in [0.3, 0.4) is 0 Å². The third-order valence-corrected chi connectivity index (χ3v) is 4.62. The average Bonchev–Trinajstić information content (AvgIpc) is 3.02. The first kappa shape index (κ1) is 15.7. The molecule has 0 saturated heterocycles. The first-order valence-corrected chi connectivity index (χ1v) is 8.10. The van der Waals surface area contributed by atoms with E-state index in [2.05, 4.69) is 10.1 Å². The third kappa shape index (κ3) is 2.56. The summed E-state index contributed by atoms with van der Waals surface area (Å²) in [6.07, 6.45) is 4.69. The number of halogens is 1. The maximum absolute atomic E-state index is 11.6. The van der Waals surface area contributed by atoms with E-state index in [-0.39, 0.29) is 11.8 Å². The Morgan fingerprint density at radius 3 is 3.00 bits per heavy atom. The lowest BCUT2D eigenvalue weighted by Gasteiger charge is -2.34. The molecule has 1 atom stereocenters. The van der Waals surface area contributed by atoms with Gasteiger partial charge in [0.1, 0.15) is 6.04 Å². The number of methoxy groups -OCH3 is 1. The van der Waals surface area contributed by atoms with Crippen molar-refractivity contribution in [1.82, 2.24) is 19.5 Å². The molecule has 0 aliphatic carbocycles. The summed E-state index contributed by atoms with van der Waals surface area (Å²) in [6, 6.07) is 4.89. The van der Waals surface area contributed by atoms with Crippen LogP contribution in [0, 0.1) is 0 Å². The number of hydrogen-bond acceptors (Lipinski definition) is 5. The van der Waals surface area contributed by atoms with Gasteiger partial charge in [0.25, 0.3) is 0 Å². The molecule has 4 rings (SSSR count). The number of aromatic nitrogens is 3. The summed E-state index contributed by atoms with van der Waals surface area (Å²) >= 11 is 5.97. The van der Waals surface area contributed by atoms with E-state index in [1.165, 1.54) is 7.11 Å². The van der Waals surface area contributed by atoms with Crippen LogP contribution in [0.1, 0.15) is 22.9 Å². The van der Waals surface area contributed by atoms with Crippen molar-refractivity contribution in [3.05, 3.63) is 52.4 Å². The summed E-state index contributed by atoms with van der Waals surface area (Å²) in [5.74, 6) is 0.449. The van der Waals surface area contributed by atoms with Gasteiger partial charge in [0.2, 0.25) is 6.41 Å². The Morgan fingerprint density at radius 1 is 1.40 bits per heavy atom. The first-order chi connectivity index (χ1) is 12.1. The van der Waals surface area contributed by atoms with Crippen LogP contribution in [0.2, 0.25) is 5.02 Å². The standard InChI is InChI=1S/C17H15ClN4O3/c1-25-15-5-12-10(4-14(15)24)2-3-21(9-23)17(12)13-6-16-19-7-11(18)8-22(16)20-13/h4-9,17,24H,2-3H2,1H3. The minimum absolute atomic E-state index is 0.0861. The Balaban J connectivity index is 1.90. The van der Waals surface area contributed by atoms with Gasteiger partial charge in [-0.15, -0.1) is 0 Å². The van der Waals surface area contributed by atoms with Crippen LogP contribution in [-0.4, -0.2) is 44.7 Å². The summed E-state index contributed by atoms with van der Waals surface area (Å²) in [7, 11) is 1.49. The van der Waals surface area contributed by atoms with E-state index in [1.54, 1.807) is 33.9 Å². The first-order valence-electron chi connectivity index (χ1n) is 7.72. The van der Waals surface area contributed by atoms with Crippen molar-refractivity contribution in [2.45, 2.75) is 12.5 Å². The highest BCUT2D eigenvalue weighted by atomic mass is 35.5. The number of phenolic OH excluding ortho intramolecular Hbond substituents is 1. The van der Waals surface area contributed by atoms with Gasteiger partial charge in [-0.3, -0.25) is 4.79 Å². The Bertz CT molecular complexity index is 972. The smallest absolute Gasteiger partial charge is 0.210 e. The predicted octanol–water partition coefficient (Wildman–Crippen LogP) is 2.20.